The normalized spacial score (nSPS) is 21.3. The molecule has 0 saturated carbocycles. The molecule has 1 aliphatic carbocycles. The molecule has 0 amide bonds. The van der Waals surface area contributed by atoms with Crippen LogP contribution in [0.15, 0.2) is 72.8 Å². The van der Waals surface area contributed by atoms with Gasteiger partial charge in [0, 0.05) is 24.7 Å². The first-order valence-corrected chi connectivity index (χ1v) is 11.5. The molecule has 0 unspecified atom stereocenters. The fraction of sp³-hybridized carbons (Fsp3) is 0.357. The van der Waals surface area contributed by atoms with E-state index in [1.54, 1.807) is 0 Å². The molecule has 0 radical (unpaired) electrons. The number of aryl methyl sites for hydroxylation is 1. The van der Waals surface area contributed by atoms with E-state index in [0.717, 1.165) is 19.3 Å². The van der Waals surface area contributed by atoms with E-state index in [9.17, 15) is 5.11 Å². The molecule has 30 heavy (non-hydrogen) atoms. The number of hydrogen-bond donors (Lipinski definition) is 1. The summed E-state index contributed by atoms with van der Waals surface area (Å²) in [6.45, 7) is 2.36. The number of phenols is 1. The molecular formula is C28H31NO. The van der Waals surface area contributed by atoms with Crippen LogP contribution in [0.4, 0.5) is 5.69 Å². The Balaban J connectivity index is 1.48. The highest BCUT2D eigenvalue weighted by molar-refractivity contribution is 5.51. The number of rotatable bonds is 4. The van der Waals surface area contributed by atoms with Gasteiger partial charge in [-0.2, -0.15) is 0 Å². The number of aromatic hydroxyl groups is 1. The minimum atomic E-state index is 0.380. The second-order valence-corrected chi connectivity index (χ2v) is 8.99. The van der Waals surface area contributed by atoms with Gasteiger partial charge in [-0.25, -0.2) is 0 Å². The zero-order valence-electron chi connectivity index (χ0n) is 17.6. The van der Waals surface area contributed by atoms with Crippen LogP contribution in [0.1, 0.15) is 53.9 Å². The summed E-state index contributed by atoms with van der Waals surface area (Å²) in [6, 6.07) is 26.3. The molecular weight excluding hydrogens is 366 g/mol. The fourth-order valence-electron chi connectivity index (χ4n) is 5.51. The van der Waals surface area contributed by atoms with Crippen molar-refractivity contribution in [3.05, 3.63) is 95.1 Å². The standard InChI is InChI=1S/C28H31NO/c30-26-15-16-27-23(20-26)9-10-24(19-21-7-3-1-4-8-21)28(27)22-11-13-25(14-12-22)29-17-5-2-6-18-29/h1,3-4,7-8,11-16,20,24,28,30H,2,5-6,9-10,17-19H2/t24-,28+/m1/s1. The van der Waals surface area contributed by atoms with Crippen LogP contribution in [0, 0.1) is 5.92 Å². The highest BCUT2D eigenvalue weighted by Gasteiger charge is 2.31. The van der Waals surface area contributed by atoms with Crippen LogP contribution in [0.2, 0.25) is 0 Å². The number of anilines is 1. The first-order chi connectivity index (χ1) is 14.8. The second kappa shape index (κ2) is 8.55. The predicted octanol–water partition coefficient (Wildman–Crippen LogP) is 6.32. The summed E-state index contributed by atoms with van der Waals surface area (Å²) in [4.78, 5) is 2.53. The first kappa shape index (κ1) is 19.2. The molecule has 0 spiro atoms. The monoisotopic (exact) mass is 397 g/mol. The fourth-order valence-corrected chi connectivity index (χ4v) is 5.51. The smallest absolute Gasteiger partial charge is 0.115 e. The SMILES string of the molecule is Oc1ccc2c(c1)CC[C@H](Cc1ccccc1)[C@@H]2c1ccc(N2CCCCC2)cc1. The summed E-state index contributed by atoms with van der Waals surface area (Å²) >= 11 is 0. The van der Waals surface area contributed by atoms with E-state index in [0.29, 0.717) is 17.6 Å². The third kappa shape index (κ3) is 3.96. The molecule has 0 aromatic heterocycles. The maximum absolute atomic E-state index is 10.0. The van der Waals surface area contributed by atoms with Crippen LogP contribution >= 0.6 is 0 Å². The minimum Gasteiger partial charge on any atom is -0.508 e. The van der Waals surface area contributed by atoms with Gasteiger partial charge in [0.25, 0.3) is 0 Å². The summed E-state index contributed by atoms with van der Waals surface area (Å²) in [5.74, 6) is 1.34. The van der Waals surface area contributed by atoms with Crippen molar-refractivity contribution in [1.82, 2.24) is 0 Å². The molecule has 0 bridgehead atoms. The van der Waals surface area contributed by atoms with E-state index in [1.807, 2.05) is 12.1 Å². The number of phenolic OH excluding ortho intramolecular Hbond substituents is 1. The van der Waals surface area contributed by atoms with Crippen LogP contribution in [-0.2, 0) is 12.8 Å². The van der Waals surface area contributed by atoms with Crippen molar-refractivity contribution in [2.45, 2.75) is 44.4 Å². The van der Waals surface area contributed by atoms with E-state index in [-0.39, 0.29) is 0 Å². The lowest BCUT2D eigenvalue weighted by atomic mass is 9.70. The summed E-state index contributed by atoms with van der Waals surface area (Å²) < 4.78 is 0. The number of fused-ring (bicyclic) bond motifs is 1. The van der Waals surface area contributed by atoms with Gasteiger partial charge < -0.3 is 10.0 Å². The van der Waals surface area contributed by atoms with Gasteiger partial charge in [-0.15, -0.1) is 0 Å². The van der Waals surface area contributed by atoms with E-state index in [1.165, 1.54) is 60.3 Å². The Morgan fingerprint density at radius 2 is 1.60 bits per heavy atom. The number of hydrogen-bond acceptors (Lipinski definition) is 2. The maximum Gasteiger partial charge on any atom is 0.115 e. The van der Waals surface area contributed by atoms with Crippen molar-refractivity contribution in [3.63, 3.8) is 0 Å². The van der Waals surface area contributed by atoms with Gasteiger partial charge in [0.2, 0.25) is 0 Å². The maximum atomic E-state index is 10.0. The van der Waals surface area contributed by atoms with Crippen LogP contribution in [-0.4, -0.2) is 18.2 Å². The van der Waals surface area contributed by atoms with Crippen molar-refractivity contribution < 1.29 is 5.11 Å². The Morgan fingerprint density at radius 3 is 2.37 bits per heavy atom. The number of piperidine rings is 1. The Morgan fingerprint density at radius 1 is 0.833 bits per heavy atom. The number of benzene rings is 3. The van der Waals surface area contributed by atoms with Crippen LogP contribution < -0.4 is 4.90 Å². The van der Waals surface area contributed by atoms with Gasteiger partial charge in [-0.05, 0) is 91.0 Å². The van der Waals surface area contributed by atoms with Gasteiger partial charge >= 0.3 is 0 Å². The van der Waals surface area contributed by atoms with Gasteiger partial charge in [0.15, 0.2) is 0 Å². The van der Waals surface area contributed by atoms with Crippen molar-refractivity contribution in [2.75, 3.05) is 18.0 Å². The van der Waals surface area contributed by atoms with E-state index in [4.69, 9.17) is 0 Å². The molecule has 2 heteroatoms. The topological polar surface area (TPSA) is 23.5 Å². The van der Waals surface area contributed by atoms with Gasteiger partial charge in [0.05, 0.1) is 0 Å². The Hall–Kier alpha value is -2.74. The predicted molar refractivity (Wildman–Crippen MR) is 124 cm³/mol. The Labute approximate surface area is 180 Å². The molecule has 1 heterocycles. The highest BCUT2D eigenvalue weighted by Crippen LogP contribution is 2.43. The summed E-state index contributed by atoms with van der Waals surface area (Å²) in [6.07, 6.45) is 7.27. The zero-order valence-corrected chi connectivity index (χ0v) is 17.6. The lowest BCUT2D eigenvalue weighted by molar-refractivity contribution is 0.404. The lowest BCUT2D eigenvalue weighted by Gasteiger charge is -2.35. The average molecular weight is 398 g/mol. The summed E-state index contributed by atoms with van der Waals surface area (Å²) in [5.41, 5.74) is 6.89. The molecule has 1 fully saturated rings. The van der Waals surface area contributed by atoms with E-state index < -0.39 is 0 Å². The third-order valence-corrected chi connectivity index (χ3v) is 7.03. The highest BCUT2D eigenvalue weighted by atomic mass is 16.3. The van der Waals surface area contributed by atoms with Crippen molar-refractivity contribution in [3.8, 4) is 5.75 Å². The molecule has 2 aliphatic rings. The molecule has 1 aliphatic heterocycles. The van der Waals surface area contributed by atoms with Crippen molar-refractivity contribution in [1.29, 1.82) is 0 Å². The van der Waals surface area contributed by atoms with Gasteiger partial charge in [0.1, 0.15) is 5.75 Å². The zero-order chi connectivity index (χ0) is 20.3. The molecule has 2 nitrogen and oxygen atoms in total. The minimum absolute atomic E-state index is 0.380. The average Bonchev–Trinajstić information content (AvgIpc) is 2.80. The largest absolute Gasteiger partial charge is 0.508 e. The molecule has 1 N–H and O–H groups in total. The van der Waals surface area contributed by atoms with Gasteiger partial charge in [-0.3, -0.25) is 0 Å². The molecule has 2 atom stereocenters. The van der Waals surface area contributed by atoms with Crippen LogP contribution in [0.3, 0.4) is 0 Å². The van der Waals surface area contributed by atoms with Gasteiger partial charge in [-0.1, -0.05) is 48.5 Å². The Bertz CT molecular complexity index is 973. The molecule has 3 aromatic rings. The Kier molecular flexibility index (Phi) is 5.48. The summed E-state index contributed by atoms with van der Waals surface area (Å²) in [5, 5.41) is 10.0. The van der Waals surface area contributed by atoms with Crippen molar-refractivity contribution >= 4 is 5.69 Å². The van der Waals surface area contributed by atoms with Crippen molar-refractivity contribution in [2.24, 2.45) is 5.92 Å². The molecule has 154 valence electrons. The third-order valence-electron chi connectivity index (χ3n) is 7.03. The van der Waals surface area contributed by atoms with E-state index in [2.05, 4.69) is 65.6 Å². The molecule has 3 aromatic carbocycles. The molecule has 5 rings (SSSR count). The van der Waals surface area contributed by atoms with Crippen LogP contribution in [0.25, 0.3) is 0 Å². The van der Waals surface area contributed by atoms with E-state index >= 15 is 0 Å². The quantitative estimate of drug-likeness (QED) is 0.557. The first-order valence-electron chi connectivity index (χ1n) is 11.5. The number of nitrogens with zero attached hydrogens (tertiary/aromatic N) is 1. The molecule has 1 saturated heterocycles. The van der Waals surface area contributed by atoms with Crippen LogP contribution in [0.5, 0.6) is 5.75 Å². The second-order valence-electron chi connectivity index (χ2n) is 8.99. The summed E-state index contributed by atoms with van der Waals surface area (Å²) in [7, 11) is 0. The lowest BCUT2D eigenvalue weighted by Crippen LogP contribution is -2.29.